The second-order valence-electron chi connectivity index (χ2n) is 4.54. The molecule has 6 heteroatoms. The third-order valence-corrected chi connectivity index (χ3v) is 4.13. The van der Waals surface area contributed by atoms with E-state index in [4.69, 9.17) is 10.5 Å². The molecule has 0 unspecified atom stereocenters. The number of nitrogens with one attached hydrogen (secondary N) is 1. The minimum absolute atomic E-state index is 0.0913. The van der Waals surface area contributed by atoms with Crippen LogP contribution in [0.2, 0.25) is 0 Å². The van der Waals surface area contributed by atoms with Gasteiger partial charge in [-0.15, -0.1) is 0 Å². The molecule has 0 saturated carbocycles. The SMILES string of the molecule is Nc1ccc(OCCS(=O)(=O)NCc2ccccc2)cc1. The van der Waals surface area contributed by atoms with Gasteiger partial charge >= 0.3 is 0 Å². The smallest absolute Gasteiger partial charge is 0.215 e. The lowest BCUT2D eigenvalue weighted by Gasteiger charge is -2.08. The van der Waals surface area contributed by atoms with E-state index >= 15 is 0 Å². The molecule has 2 aromatic rings. The highest BCUT2D eigenvalue weighted by Gasteiger charge is 2.10. The summed E-state index contributed by atoms with van der Waals surface area (Å²) in [5, 5.41) is 0. The predicted molar refractivity (Wildman–Crippen MR) is 83.4 cm³/mol. The fraction of sp³-hybridized carbons (Fsp3) is 0.200. The van der Waals surface area contributed by atoms with E-state index in [9.17, 15) is 8.42 Å². The van der Waals surface area contributed by atoms with E-state index in [1.165, 1.54) is 0 Å². The van der Waals surface area contributed by atoms with Crippen LogP contribution in [0.3, 0.4) is 0 Å². The maximum Gasteiger partial charge on any atom is 0.215 e. The Balaban J connectivity index is 1.77. The normalized spacial score (nSPS) is 11.2. The lowest BCUT2D eigenvalue weighted by molar-refractivity contribution is 0.340. The molecule has 0 atom stereocenters. The van der Waals surface area contributed by atoms with Gasteiger partial charge in [0.15, 0.2) is 0 Å². The van der Waals surface area contributed by atoms with Crippen molar-refractivity contribution in [1.29, 1.82) is 0 Å². The van der Waals surface area contributed by atoms with E-state index in [1.54, 1.807) is 24.3 Å². The quantitative estimate of drug-likeness (QED) is 0.764. The molecular formula is C15H18N2O3S. The summed E-state index contributed by atoms with van der Waals surface area (Å²) in [5.41, 5.74) is 7.11. The molecule has 0 aliphatic rings. The monoisotopic (exact) mass is 306 g/mol. The Kier molecular flexibility index (Phi) is 5.19. The molecule has 0 radical (unpaired) electrons. The molecule has 0 aliphatic heterocycles. The maximum atomic E-state index is 11.8. The maximum absolute atomic E-state index is 11.8. The van der Waals surface area contributed by atoms with Crippen LogP contribution in [0, 0.1) is 0 Å². The van der Waals surface area contributed by atoms with Crippen molar-refractivity contribution in [3.63, 3.8) is 0 Å². The van der Waals surface area contributed by atoms with E-state index < -0.39 is 10.0 Å². The second kappa shape index (κ2) is 7.10. The fourth-order valence-electron chi connectivity index (χ4n) is 1.69. The van der Waals surface area contributed by atoms with Gasteiger partial charge in [0.1, 0.15) is 12.4 Å². The van der Waals surface area contributed by atoms with Crippen molar-refractivity contribution in [2.45, 2.75) is 6.54 Å². The Labute approximate surface area is 124 Å². The van der Waals surface area contributed by atoms with Crippen LogP contribution in [0.1, 0.15) is 5.56 Å². The van der Waals surface area contributed by atoms with Crippen molar-refractivity contribution >= 4 is 15.7 Å². The number of anilines is 1. The Hall–Kier alpha value is -2.05. The lowest BCUT2D eigenvalue weighted by Crippen LogP contribution is -2.28. The zero-order chi connectivity index (χ0) is 15.1. The van der Waals surface area contributed by atoms with Crippen LogP contribution in [0.15, 0.2) is 54.6 Å². The zero-order valence-corrected chi connectivity index (χ0v) is 12.3. The summed E-state index contributed by atoms with van der Waals surface area (Å²) in [6.07, 6.45) is 0. The highest BCUT2D eigenvalue weighted by atomic mass is 32.2. The molecule has 0 fully saturated rings. The molecule has 0 saturated heterocycles. The fourth-order valence-corrected chi connectivity index (χ4v) is 2.53. The first-order chi connectivity index (χ1) is 10.1. The van der Waals surface area contributed by atoms with Crippen molar-refractivity contribution < 1.29 is 13.2 Å². The molecule has 5 nitrogen and oxygen atoms in total. The first kappa shape index (κ1) is 15.3. The number of rotatable bonds is 7. The lowest BCUT2D eigenvalue weighted by atomic mass is 10.2. The number of sulfonamides is 1. The van der Waals surface area contributed by atoms with E-state index in [0.29, 0.717) is 11.4 Å². The summed E-state index contributed by atoms with van der Waals surface area (Å²) in [7, 11) is -3.36. The average molecular weight is 306 g/mol. The Morgan fingerprint density at radius 2 is 1.67 bits per heavy atom. The number of nitrogen functional groups attached to an aromatic ring is 1. The van der Waals surface area contributed by atoms with Gasteiger partial charge in [0.05, 0.1) is 5.75 Å². The zero-order valence-electron chi connectivity index (χ0n) is 11.5. The summed E-state index contributed by atoms with van der Waals surface area (Å²) < 4.78 is 31.6. The van der Waals surface area contributed by atoms with Crippen molar-refractivity contribution in [3.05, 3.63) is 60.2 Å². The number of nitrogens with two attached hydrogens (primary N) is 1. The van der Waals surface area contributed by atoms with Gasteiger partial charge in [0.25, 0.3) is 0 Å². The molecular weight excluding hydrogens is 288 g/mol. The van der Waals surface area contributed by atoms with Crippen LogP contribution in [-0.2, 0) is 16.6 Å². The second-order valence-corrected chi connectivity index (χ2v) is 6.47. The number of benzene rings is 2. The summed E-state index contributed by atoms with van der Waals surface area (Å²) >= 11 is 0. The molecule has 0 amide bonds. The standard InChI is InChI=1S/C15H18N2O3S/c16-14-6-8-15(9-7-14)20-10-11-21(18,19)17-12-13-4-2-1-3-5-13/h1-9,17H,10-12,16H2. The molecule has 2 rings (SSSR count). The topological polar surface area (TPSA) is 81.4 Å². The predicted octanol–water partition coefficient (Wildman–Crippen LogP) is 1.77. The van der Waals surface area contributed by atoms with Gasteiger partial charge in [0, 0.05) is 12.2 Å². The van der Waals surface area contributed by atoms with Gasteiger partial charge in [-0.2, -0.15) is 0 Å². The van der Waals surface area contributed by atoms with E-state index in [2.05, 4.69) is 4.72 Å². The Morgan fingerprint density at radius 3 is 2.33 bits per heavy atom. The molecule has 21 heavy (non-hydrogen) atoms. The molecule has 2 aromatic carbocycles. The van der Waals surface area contributed by atoms with Crippen molar-refractivity contribution in [2.75, 3.05) is 18.1 Å². The molecule has 0 spiro atoms. The summed E-state index contributed by atoms with van der Waals surface area (Å²) in [6, 6.07) is 16.2. The summed E-state index contributed by atoms with van der Waals surface area (Å²) in [4.78, 5) is 0. The van der Waals surface area contributed by atoms with E-state index in [-0.39, 0.29) is 18.9 Å². The highest BCUT2D eigenvalue weighted by Crippen LogP contribution is 2.12. The summed E-state index contributed by atoms with van der Waals surface area (Å²) in [6.45, 7) is 0.374. The van der Waals surface area contributed by atoms with Gasteiger partial charge in [-0.1, -0.05) is 30.3 Å². The van der Waals surface area contributed by atoms with Crippen LogP contribution in [-0.4, -0.2) is 20.8 Å². The van der Waals surface area contributed by atoms with Crippen LogP contribution in [0.4, 0.5) is 5.69 Å². The van der Waals surface area contributed by atoms with Crippen molar-refractivity contribution in [3.8, 4) is 5.75 Å². The number of hydrogen-bond acceptors (Lipinski definition) is 4. The highest BCUT2D eigenvalue weighted by molar-refractivity contribution is 7.89. The number of ether oxygens (including phenoxy) is 1. The van der Waals surface area contributed by atoms with Gasteiger partial charge in [0.2, 0.25) is 10.0 Å². The minimum Gasteiger partial charge on any atom is -0.492 e. The Bertz CT molecular complexity index is 655. The first-order valence-electron chi connectivity index (χ1n) is 6.55. The van der Waals surface area contributed by atoms with E-state index in [0.717, 1.165) is 5.56 Å². The van der Waals surface area contributed by atoms with Crippen LogP contribution >= 0.6 is 0 Å². The minimum atomic E-state index is -3.36. The molecule has 0 aromatic heterocycles. The van der Waals surface area contributed by atoms with Crippen molar-refractivity contribution in [1.82, 2.24) is 4.72 Å². The van der Waals surface area contributed by atoms with Gasteiger partial charge < -0.3 is 10.5 Å². The first-order valence-corrected chi connectivity index (χ1v) is 8.20. The van der Waals surface area contributed by atoms with Crippen LogP contribution in [0.25, 0.3) is 0 Å². The average Bonchev–Trinajstić information content (AvgIpc) is 2.48. The number of hydrogen-bond donors (Lipinski definition) is 2. The molecule has 112 valence electrons. The third kappa shape index (κ3) is 5.45. The molecule has 3 N–H and O–H groups in total. The molecule has 0 bridgehead atoms. The largest absolute Gasteiger partial charge is 0.492 e. The third-order valence-electron chi connectivity index (χ3n) is 2.84. The van der Waals surface area contributed by atoms with Crippen molar-refractivity contribution in [2.24, 2.45) is 0 Å². The molecule has 0 aliphatic carbocycles. The molecule has 0 heterocycles. The van der Waals surface area contributed by atoms with Gasteiger partial charge in [-0.25, -0.2) is 13.1 Å². The Morgan fingerprint density at radius 1 is 1.00 bits per heavy atom. The van der Waals surface area contributed by atoms with Crippen LogP contribution in [0.5, 0.6) is 5.75 Å². The summed E-state index contributed by atoms with van der Waals surface area (Å²) in [5.74, 6) is 0.506. The van der Waals surface area contributed by atoms with Gasteiger partial charge in [-0.3, -0.25) is 0 Å². The van der Waals surface area contributed by atoms with Crippen LogP contribution < -0.4 is 15.2 Å². The van der Waals surface area contributed by atoms with E-state index in [1.807, 2.05) is 30.3 Å². The van der Waals surface area contributed by atoms with Gasteiger partial charge in [-0.05, 0) is 29.8 Å².